The summed E-state index contributed by atoms with van der Waals surface area (Å²) in [5.74, 6) is 0. The maximum absolute atomic E-state index is 2.31. The molecule has 0 N–H and O–H groups in total. The molecular weight excluding hydrogens is 284 g/mol. The summed E-state index contributed by atoms with van der Waals surface area (Å²) in [6.07, 6.45) is 1.16. The van der Waals surface area contributed by atoms with E-state index in [4.69, 9.17) is 0 Å². The van der Waals surface area contributed by atoms with E-state index in [9.17, 15) is 0 Å². The van der Waals surface area contributed by atoms with E-state index in [1.54, 1.807) is 0 Å². The fraction of sp³-hybridized carbons (Fsp3) is 0.238. The lowest BCUT2D eigenvalue weighted by Crippen LogP contribution is -2.14. The van der Waals surface area contributed by atoms with E-state index in [1.807, 2.05) is 11.3 Å². The molecule has 0 radical (unpaired) electrons. The van der Waals surface area contributed by atoms with Crippen LogP contribution in [0.5, 0.6) is 0 Å². The summed E-state index contributed by atoms with van der Waals surface area (Å²) in [6.45, 7) is 6.86. The molecule has 112 valence electrons. The van der Waals surface area contributed by atoms with Gasteiger partial charge >= 0.3 is 0 Å². The van der Waals surface area contributed by atoms with Crippen LogP contribution in [0, 0.1) is 0 Å². The first kappa shape index (κ1) is 15.1. The van der Waals surface area contributed by atoms with Crippen molar-refractivity contribution in [3.05, 3.63) is 72.3 Å². The van der Waals surface area contributed by atoms with Crippen molar-refractivity contribution in [1.82, 2.24) is 0 Å². The van der Waals surface area contributed by atoms with Gasteiger partial charge in [-0.25, -0.2) is 0 Å². The minimum atomic E-state index is 0.253. The fourth-order valence-corrected chi connectivity index (χ4v) is 3.56. The third-order valence-corrected chi connectivity index (χ3v) is 5.68. The Morgan fingerprint density at radius 2 is 1.27 bits per heavy atom. The standard InChI is InChI=1S/C21H22S/c1-4-21(2,3)18-12-10-17(11-13-18)20-15-14-19(22-20)16-8-6-5-7-9-16/h5-15H,4H2,1-3H3. The zero-order valence-electron chi connectivity index (χ0n) is 13.5. The van der Waals surface area contributed by atoms with E-state index >= 15 is 0 Å². The van der Waals surface area contributed by atoms with Crippen molar-refractivity contribution in [2.45, 2.75) is 32.6 Å². The van der Waals surface area contributed by atoms with E-state index in [-0.39, 0.29) is 5.41 Å². The highest BCUT2D eigenvalue weighted by Gasteiger charge is 2.17. The van der Waals surface area contributed by atoms with Gasteiger partial charge in [-0.15, -0.1) is 11.3 Å². The van der Waals surface area contributed by atoms with Crippen molar-refractivity contribution >= 4 is 11.3 Å². The van der Waals surface area contributed by atoms with Gasteiger partial charge in [0.25, 0.3) is 0 Å². The molecular formula is C21H22S. The Kier molecular flexibility index (Phi) is 4.17. The lowest BCUT2D eigenvalue weighted by Gasteiger charge is -2.23. The topological polar surface area (TPSA) is 0 Å². The highest BCUT2D eigenvalue weighted by molar-refractivity contribution is 7.18. The van der Waals surface area contributed by atoms with Gasteiger partial charge in [0.05, 0.1) is 0 Å². The molecule has 0 amide bonds. The Morgan fingerprint density at radius 1 is 0.727 bits per heavy atom. The first-order chi connectivity index (χ1) is 10.6. The van der Waals surface area contributed by atoms with Crippen LogP contribution in [0.4, 0.5) is 0 Å². The molecule has 1 aromatic heterocycles. The average molecular weight is 306 g/mol. The number of rotatable bonds is 4. The first-order valence-corrected chi connectivity index (χ1v) is 8.68. The van der Waals surface area contributed by atoms with Crippen molar-refractivity contribution in [2.75, 3.05) is 0 Å². The van der Waals surface area contributed by atoms with Gasteiger partial charge in [0.15, 0.2) is 0 Å². The average Bonchev–Trinajstić information content (AvgIpc) is 3.06. The van der Waals surface area contributed by atoms with Crippen molar-refractivity contribution in [2.24, 2.45) is 0 Å². The highest BCUT2D eigenvalue weighted by Crippen LogP contribution is 2.35. The lowest BCUT2D eigenvalue weighted by molar-refractivity contribution is 0.506. The van der Waals surface area contributed by atoms with E-state index in [0.717, 1.165) is 6.42 Å². The second kappa shape index (κ2) is 6.10. The summed E-state index contributed by atoms with van der Waals surface area (Å²) in [7, 11) is 0. The van der Waals surface area contributed by atoms with Gasteiger partial charge in [-0.3, -0.25) is 0 Å². The molecule has 3 rings (SSSR count). The van der Waals surface area contributed by atoms with Gasteiger partial charge < -0.3 is 0 Å². The number of benzene rings is 2. The van der Waals surface area contributed by atoms with Gasteiger partial charge in [-0.2, -0.15) is 0 Å². The molecule has 0 nitrogen and oxygen atoms in total. The number of hydrogen-bond donors (Lipinski definition) is 0. The van der Waals surface area contributed by atoms with Crippen LogP contribution in [0.2, 0.25) is 0 Å². The van der Waals surface area contributed by atoms with Crippen molar-refractivity contribution in [3.63, 3.8) is 0 Å². The van der Waals surface area contributed by atoms with Crippen LogP contribution in [0.15, 0.2) is 66.7 Å². The Bertz CT molecular complexity index is 733. The molecule has 2 aromatic carbocycles. The predicted molar refractivity (Wildman–Crippen MR) is 98.5 cm³/mol. The molecule has 3 aromatic rings. The zero-order valence-corrected chi connectivity index (χ0v) is 14.3. The maximum Gasteiger partial charge on any atom is 0.0349 e. The summed E-state index contributed by atoms with van der Waals surface area (Å²) in [6, 6.07) is 24.1. The SMILES string of the molecule is CCC(C)(C)c1ccc(-c2ccc(-c3ccccc3)s2)cc1. The molecule has 0 aliphatic heterocycles. The summed E-state index contributed by atoms with van der Waals surface area (Å²) >= 11 is 1.86. The predicted octanol–water partition coefficient (Wildman–Crippen LogP) is 6.77. The quantitative estimate of drug-likeness (QED) is 0.499. The van der Waals surface area contributed by atoms with Gasteiger partial charge in [-0.05, 0) is 40.7 Å². The molecule has 1 heterocycles. The van der Waals surface area contributed by atoms with Gasteiger partial charge in [0, 0.05) is 9.75 Å². The molecule has 0 aliphatic rings. The van der Waals surface area contributed by atoms with Crippen LogP contribution in [0.25, 0.3) is 20.9 Å². The van der Waals surface area contributed by atoms with Crippen LogP contribution in [0.1, 0.15) is 32.8 Å². The largest absolute Gasteiger partial charge is 0.135 e. The van der Waals surface area contributed by atoms with Gasteiger partial charge in [-0.1, -0.05) is 75.4 Å². The minimum absolute atomic E-state index is 0.253. The molecule has 0 fully saturated rings. The summed E-state index contributed by atoms with van der Waals surface area (Å²) in [5.41, 5.74) is 4.27. The van der Waals surface area contributed by atoms with Crippen molar-refractivity contribution < 1.29 is 0 Å². The molecule has 0 bridgehead atoms. The van der Waals surface area contributed by atoms with Gasteiger partial charge in [0.1, 0.15) is 0 Å². The monoisotopic (exact) mass is 306 g/mol. The molecule has 0 aliphatic carbocycles. The normalized spacial score (nSPS) is 11.6. The third-order valence-electron chi connectivity index (χ3n) is 4.50. The number of thiophene rings is 1. The van der Waals surface area contributed by atoms with E-state index in [2.05, 4.69) is 87.5 Å². The van der Waals surface area contributed by atoms with Crippen LogP contribution in [-0.2, 0) is 5.41 Å². The summed E-state index contributed by atoms with van der Waals surface area (Å²) < 4.78 is 0. The van der Waals surface area contributed by atoms with Crippen LogP contribution in [-0.4, -0.2) is 0 Å². The summed E-state index contributed by atoms with van der Waals surface area (Å²) in [5, 5.41) is 0. The van der Waals surface area contributed by atoms with Crippen LogP contribution >= 0.6 is 11.3 Å². The van der Waals surface area contributed by atoms with Crippen LogP contribution in [0.3, 0.4) is 0 Å². The summed E-state index contributed by atoms with van der Waals surface area (Å²) in [4.78, 5) is 2.66. The minimum Gasteiger partial charge on any atom is -0.135 e. The molecule has 0 spiro atoms. The molecule has 0 saturated heterocycles. The van der Waals surface area contributed by atoms with Crippen LogP contribution < -0.4 is 0 Å². The van der Waals surface area contributed by atoms with Crippen molar-refractivity contribution in [3.8, 4) is 20.9 Å². The third kappa shape index (κ3) is 3.00. The van der Waals surface area contributed by atoms with E-state index in [1.165, 1.54) is 26.4 Å². The van der Waals surface area contributed by atoms with Gasteiger partial charge in [0.2, 0.25) is 0 Å². The Balaban J connectivity index is 1.88. The second-order valence-corrected chi connectivity index (χ2v) is 7.43. The molecule has 0 unspecified atom stereocenters. The molecule has 0 atom stereocenters. The Morgan fingerprint density at radius 3 is 1.82 bits per heavy atom. The smallest absolute Gasteiger partial charge is 0.0349 e. The lowest BCUT2D eigenvalue weighted by atomic mass is 9.82. The molecule has 22 heavy (non-hydrogen) atoms. The second-order valence-electron chi connectivity index (χ2n) is 6.34. The van der Waals surface area contributed by atoms with E-state index in [0.29, 0.717) is 0 Å². The highest BCUT2D eigenvalue weighted by atomic mass is 32.1. The Hall–Kier alpha value is -1.86. The molecule has 0 saturated carbocycles. The fourth-order valence-electron chi connectivity index (χ4n) is 2.54. The maximum atomic E-state index is 2.31. The Labute approximate surface area is 137 Å². The first-order valence-electron chi connectivity index (χ1n) is 7.86. The molecule has 1 heteroatoms. The zero-order chi connectivity index (χ0) is 15.6. The number of hydrogen-bond acceptors (Lipinski definition) is 1. The van der Waals surface area contributed by atoms with E-state index < -0.39 is 0 Å². The van der Waals surface area contributed by atoms with Crippen molar-refractivity contribution in [1.29, 1.82) is 0 Å².